The number of alkyl halides is 2. The Kier molecular flexibility index (Phi) is 11.5. The van der Waals surface area contributed by atoms with Crippen LogP contribution in [0.4, 0.5) is 13.6 Å². The maximum atomic E-state index is 12.9. The number of nitrogens with zero attached hydrogens (tertiary/aromatic N) is 1. The van der Waals surface area contributed by atoms with Crippen LogP contribution in [0, 0.1) is 0 Å². The van der Waals surface area contributed by atoms with Crippen molar-refractivity contribution < 1.29 is 41.8 Å². The summed E-state index contributed by atoms with van der Waals surface area (Å²) in [5.74, 6) is -0.638. The van der Waals surface area contributed by atoms with Gasteiger partial charge >= 0.3 is 19.9 Å². The zero-order valence-electron chi connectivity index (χ0n) is 20.8. The van der Waals surface area contributed by atoms with Crippen molar-refractivity contribution in [1.82, 2.24) is 15.5 Å². The van der Waals surface area contributed by atoms with Crippen molar-refractivity contribution >= 4 is 19.6 Å². The molecule has 10 nitrogen and oxygen atoms in total. The van der Waals surface area contributed by atoms with Gasteiger partial charge in [0.05, 0.1) is 13.2 Å². The number of ether oxygens (including phenoxy) is 2. The Morgan fingerprint density at radius 2 is 1.74 bits per heavy atom. The molecule has 2 amide bonds. The molecule has 208 valence electrons. The third-order valence-corrected chi connectivity index (χ3v) is 6.69. The van der Waals surface area contributed by atoms with Crippen LogP contribution in [0.25, 0.3) is 0 Å². The first-order valence-corrected chi connectivity index (χ1v) is 13.8. The van der Waals surface area contributed by atoms with Gasteiger partial charge in [-0.2, -0.15) is 8.78 Å². The van der Waals surface area contributed by atoms with Crippen LogP contribution in [0.1, 0.15) is 17.5 Å². The molecular formula is C25H32F2N3O7P. The van der Waals surface area contributed by atoms with Crippen LogP contribution in [-0.4, -0.2) is 73.4 Å². The lowest BCUT2D eigenvalue weighted by molar-refractivity contribution is -0.123. The summed E-state index contributed by atoms with van der Waals surface area (Å²) in [4.78, 5) is 36.9. The lowest BCUT2D eigenvalue weighted by Crippen LogP contribution is -2.48. The summed E-state index contributed by atoms with van der Waals surface area (Å²) >= 11 is 0. The van der Waals surface area contributed by atoms with Gasteiger partial charge in [0.1, 0.15) is 18.4 Å². The van der Waals surface area contributed by atoms with Crippen molar-refractivity contribution in [2.75, 3.05) is 39.4 Å². The summed E-state index contributed by atoms with van der Waals surface area (Å²) < 4.78 is 51.7. The Labute approximate surface area is 219 Å². The number of rotatable bonds is 13. The number of benzene rings is 2. The Balaban J connectivity index is 1.58. The van der Waals surface area contributed by atoms with Gasteiger partial charge in [0, 0.05) is 26.1 Å². The molecule has 2 aromatic rings. The normalized spacial score (nSPS) is 16.3. The Morgan fingerprint density at radius 3 is 2.39 bits per heavy atom. The number of hydrogen-bond acceptors (Lipinski definition) is 7. The summed E-state index contributed by atoms with van der Waals surface area (Å²) in [7, 11) is -5.10. The molecule has 1 aliphatic rings. The predicted molar refractivity (Wildman–Crippen MR) is 135 cm³/mol. The summed E-state index contributed by atoms with van der Waals surface area (Å²) in [5.41, 5.74) is 1.34. The highest BCUT2D eigenvalue weighted by molar-refractivity contribution is 7.53. The molecule has 0 spiro atoms. The van der Waals surface area contributed by atoms with E-state index in [9.17, 15) is 27.8 Å². The maximum absolute atomic E-state index is 12.9. The largest absolute Gasteiger partial charge is 0.445 e. The molecule has 0 saturated carbocycles. The second-order valence-electron chi connectivity index (χ2n) is 8.64. The van der Waals surface area contributed by atoms with Gasteiger partial charge in [-0.3, -0.25) is 9.69 Å². The van der Waals surface area contributed by atoms with E-state index < -0.39 is 31.8 Å². The van der Waals surface area contributed by atoms with Crippen molar-refractivity contribution in [3.05, 3.63) is 65.7 Å². The van der Waals surface area contributed by atoms with Gasteiger partial charge in [0.15, 0.2) is 0 Å². The minimum absolute atomic E-state index is 0.0257. The molecule has 1 fully saturated rings. The number of halogens is 2. The molecule has 1 unspecified atom stereocenters. The zero-order valence-corrected chi connectivity index (χ0v) is 21.7. The van der Waals surface area contributed by atoms with Crippen LogP contribution in [0.5, 0.6) is 5.75 Å². The maximum Gasteiger partial charge on any atom is 0.442 e. The lowest BCUT2D eigenvalue weighted by atomic mass is 10.1. The molecule has 1 heterocycles. The molecule has 0 bridgehead atoms. The molecule has 0 radical (unpaired) electrons. The van der Waals surface area contributed by atoms with Gasteiger partial charge in [-0.25, -0.2) is 9.36 Å². The first-order chi connectivity index (χ1) is 18.2. The number of nitrogens with one attached hydrogen (secondary N) is 2. The van der Waals surface area contributed by atoms with Crippen LogP contribution < -0.4 is 15.2 Å². The monoisotopic (exact) mass is 555 g/mol. The van der Waals surface area contributed by atoms with E-state index >= 15 is 0 Å². The standard InChI is InChI=1S/C25H32F2N3O7P/c26-24(27)38(33,34)37-21-9-7-19(8-10-21)17-22(29-25(32)36-18-20-5-2-1-3-6-20)23(31)28-11-4-12-30-13-15-35-16-14-30/h1-3,5-10,22,24H,4,11-18H2,(H,28,31)(H,29,32)(H,33,34)/t22-/m0/s1. The summed E-state index contributed by atoms with van der Waals surface area (Å²) in [6, 6.07) is 13.5. The summed E-state index contributed by atoms with van der Waals surface area (Å²) in [6.07, 6.45) is -3.54. The highest BCUT2D eigenvalue weighted by Gasteiger charge is 2.34. The van der Waals surface area contributed by atoms with Crippen LogP contribution in [0.2, 0.25) is 0 Å². The third-order valence-electron chi connectivity index (χ3n) is 5.72. The van der Waals surface area contributed by atoms with Crippen molar-refractivity contribution in [3.8, 4) is 5.75 Å². The summed E-state index contributed by atoms with van der Waals surface area (Å²) in [5, 5.41) is 5.41. The second kappa shape index (κ2) is 14.8. The molecule has 2 aromatic carbocycles. The van der Waals surface area contributed by atoms with Crippen molar-refractivity contribution in [3.63, 3.8) is 0 Å². The fourth-order valence-electron chi connectivity index (χ4n) is 3.69. The van der Waals surface area contributed by atoms with Crippen molar-refractivity contribution in [2.24, 2.45) is 0 Å². The zero-order chi connectivity index (χ0) is 27.4. The number of alkyl carbamates (subject to hydrolysis) is 1. The first kappa shape index (κ1) is 29.5. The van der Waals surface area contributed by atoms with Crippen LogP contribution in [-0.2, 0) is 31.9 Å². The molecule has 1 aliphatic heterocycles. The van der Waals surface area contributed by atoms with Gasteiger partial charge in [-0.05, 0) is 36.2 Å². The SMILES string of the molecule is O=C(N[C@@H](Cc1ccc(OP(=O)(O)C(F)F)cc1)C(=O)NCCCN1CCOCC1)OCc1ccccc1. The van der Waals surface area contributed by atoms with Crippen LogP contribution >= 0.6 is 7.60 Å². The Hall–Kier alpha value is -3.05. The van der Waals surface area contributed by atoms with Gasteiger partial charge < -0.3 is 29.5 Å². The van der Waals surface area contributed by atoms with Gasteiger partial charge in [0.2, 0.25) is 5.91 Å². The van der Waals surface area contributed by atoms with E-state index in [1.807, 2.05) is 18.2 Å². The number of hydrogen-bond donors (Lipinski definition) is 3. The molecule has 13 heteroatoms. The minimum atomic E-state index is -5.10. The molecule has 3 N–H and O–H groups in total. The van der Waals surface area contributed by atoms with E-state index in [1.165, 1.54) is 24.3 Å². The Morgan fingerprint density at radius 1 is 1.05 bits per heavy atom. The fraction of sp³-hybridized carbons (Fsp3) is 0.440. The van der Waals surface area contributed by atoms with Crippen LogP contribution in [0.3, 0.4) is 0 Å². The van der Waals surface area contributed by atoms with Crippen molar-refractivity contribution in [2.45, 2.75) is 31.7 Å². The van der Waals surface area contributed by atoms with Crippen LogP contribution in [0.15, 0.2) is 54.6 Å². The number of morpholine rings is 1. The lowest BCUT2D eigenvalue weighted by Gasteiger charge is -2.26. The highest BCUT2D eigenvalue weighted by Crippen LogP contribution is 2.48. The highest BCUT2D eigenvalue weighted by atomic mass is 31.2. The topological polar surface area (TPSA) is 126 Å². The molecule has 3 rings (SSSR count). The molecular weight excluding hydrogens is 523 g/mol. The van der Waals surface area contributed by atoms with Gasteiger partial charge in [-0.1, -0.05) is 42.5 Å². The summed E-state index contributed by atoms with van der Waals surface area (Å²) in [6.45, 7) is 4.28. The van der Waals surface area contributed by atoms with Gasteiger partial charge in [-0.15, -0.1) is 0 Å². The van der Waals surface area contributed by atoms with E-state index in [0.29, 0.717) is 31.7 Å². The van der Waals surface area contributed by atoms with E-state index in [4.69, 9.17) is 9.47 Å². The smallest absolute Gasteiger partial charge is 0.442 e. The number of carbonyl (C=O) groups excluding carboxylic acids is 2. The molecule has 0 aliphatic carbocycles. The first-order valence-electron chi connectivity index (χ1n) is 12.2. The van der Waals surface area contributed by atoms with E-state index in [-0.39, 0.29) is 18.8 Å². The molecule has 38 heavy (non-hydrogen) atoms. The number of carbonyl (C=O) groups is 2. The molecule has 1 saturated heterocycles. The average molecular weight is 556 g/mol. The number of amides is 2. The fourth-order valence-corrected chi connectivity index (χ4v) is 4.19. The minimum Gasteiger partial charge on any atom is -0.445 e. The van der Waals surface area contributed by atoms with Gasteiger partial charge in [0.25, 0.3) is 0 Å². The van der Waals surface area contributed by atoms with E-state index in [2.05, 4.69) is 20.1 Å². The Bertz CT molecular complexity index is 1070. The van der Waals surface area contributed by atoms with E-state index in [0.717, 1.165) is 25.2 Å². The predicted octanol–water partition coefficient (Wildman–Crippen LogP) is 3.15. The third kappa shape index (κ3) is 10.0. The average Bonchev–Trinajstić information content (AvgIpc) is 2.91. The molecule has 2 atom stereocenters. The molecule has 0 aromatic heterocycles. The second-order valence-corrected chi connectivity index (χ2v) is 10.3. The quantitative estimate of drug-likeness (QED) is 0.254. The van der Waals surface area contributed by atoms with E-state index in [1.54, 1.807) is 12.1 Å². The van der Waals surface area contributed by atoms with Crippen molar-refractivity contribution in [1.29, 1.82) is 0 Å².